The van der Waals surface area contributed by atoms with Gasteiger partial charge in [-0.1, -0.05) is 51.1 Å². The van der Waals surface area contributed by atoms with Gasteiger partial charge in [-0.3, -0.25) is 19.2 Å². The Kier molecular flexibility index (Phi) is 9.00. The van der Waals surface area contributed by atoms with Crippen LogP contribution in [-0.2, 0) is 36.8 Å². The molecular weight excluding hydrogens is 534 g/mol. The molecule has 3 amide bonds. The van der Waals surface area contributed by atoms with Crippen LogP contribution in [0.4, 0.5) is 4.79 Å². The van der Waals surface area contributed by atoms with Crippen LogP contribution in [0.1, 0.15) is 71.9 Å². The molecule has 2 aliphatic carbocycles. The molecule has 0 spiro atoms. The number of nitrogens with one attached hydrogen (secondary N) is 2. The molecule has 5 unspecified atom stereocenters. The third kappa shape index (κ3) is 6.45. The molecule has 1 heterocycles. The number of Topliss-reactive ketones (excluding diaryl/α,β-unsaturated/α-hetero) is 2. The summed E-state index contributed by atoms with van der Waals surface area (Å²) in [5.41, 5.74) is 1.36. The zero-order valence-corrected chi connectivity index (χ0v) is 25.7. The molecular formula is C33H45N3O6. The van der Waals surface area contributed by atoms with Crippen LogP contribution < -0.4 is 10.6 Å². The van der Waals surface area contributed by atoms with Crippen LogP contribution >= 0.6 is 0 Å². The van der Waals surface area contributed by atoms with Crippen LogP contribution in [0.5, 0.6) is 0 Å². The molecule has 228 valence electrons. The zero-order chi connectivity index (χ0) is 31.0. The first-order chi connectivity index (χ1) is 19.7. The van der Waals surface area contributed by atoms with Gasteiger partial charge < -0.3 is 20.3 Å². The standard InChI is InChI=1S/C33H45N3O6/c1-8-12-23(28(38)24(37)13-9-2)34-29(39)27-25-22(33(25,6)7)18-36(27)30(40)26(35-31(41)42-32(3,4)5)21-16-19-14-10-11-15-20(19)17-21/h8,10-11,14-15,21-23,25-27H,1,9,12-13,16-18H2,2-7H3,(H,34,39)(H,35,41). The maximum absolute atomic E-state index is 14.4. The number of ether oxygens (including phenoxy) is 1. The van der Waals surface area contributed by atoms with Crippen molar-refractivity contribution in [2.45, 2.75) is 97.4 Å². The van der Waals surface area contributed by atoms with Crippen LogP contribution in [0.25, 0.3) is 0 Å². The van der Waals surface area contributed by atoms with E-state index in [0.717, 1.165) is 11.1 Å². The summed E-state index contributed by atoms with van der Waals surface area (Å²) < 4.78 is 5.52. The zero-order valence-electron chi connectivity index (χ0n) is 25.7. The number of hydrogen-bond acceptors (Lipinski definition) is 6. The molecule has 0 aromatic heterocycles. The van der Waals surface area contributed by atoms with Gasteiger partial charge in [0.2, 0.25) is 23.4 Å². The van der Waals surface area contributed by atoms with Crippen molar-refractivity contribution in [1.82, 2.24) is 15.5 Å². The molecule has 0 bridgehead atoms. The van der Waals surface area contributed by atoms with Gasteiger partial charge in [-0.05, 0) is 80.8 Å². The second-order valence-corrected chi connectivity index (χ2v) is 13.6. The summed E-state index contributed by atoms with van der Waals surface area (Å²) in [4.78, 5) is 68.0. The highest BCUT2D eigenvalue weighted by Crippen LogP contribution is 2.65. The lowest BCUT2D eigenvalue weighted by Gasteiger charge is -2.35. The lowest BCUT2D eigenvalue weighted by Crippen LogP contribution is -2.59. The number of piperidine rings is 1. The van der Waals surface area contributed by atoms with Gasteiger partial charge >= 0.3 is 6.09 Å². The summed E-state index contributed by atoms with van der Waals surface area (Å²) >= 11 is 0. The number of likely N-dealkylation sites (tertiary alicyclic amines) is 1. The topological polar surface area (TPSA) is 122 Å². The molecule has 3 aliphatic rings. The Morgan fingerprint density at radius 1 is 1.10 bits per heavy atom. The van der Waals surface area contributed by atoms with Crippen molar-refractivity contribution in [3.63, 3.8) is 0 Å². The highest BCUT2D eigenvalue weighted by atomic mass is 16.6. The Bertz CT molecular complexity index is 1240. The minimum atomic E-state index is -1.04. The molecule has 1 aliphatic heterocycles. The Hall–Kier alpha value is -3.49. The van der Waals surface area contributed by atoms with Crippen LogP contribution in [0.3, 0.4) is 0 Å². The fraction of sp³-hybridized carbons (Fsp3) is 0.606. The van der Waals surface area contributed by atoms with Gasteiger partial charge in [0, 0.05) is 13.0 Å². The molecule has 1 saturated heterocycles. The van der Waals surface area contributed by atoms with E-state index in [0.29, 0.717) is 25.8 Å². The van der Waals surface area contributed by atoms with E-state index >= 15 is 0 Å². The molecule has 9 heteroatoms. The van der Waals surface area contributed by atoms with E-state index in [9.17, 15) is 24.0 Å². The molecule has 2 fully saturated rings. The monoisotopic (exact) mass is 579 g/mol. The predicted molar refractivity (Wildman–Crippen MR) is 158 cm³/mol. The number of carbonyl (C=O) groups is 5. The number of rotatable bonds is 11. The fourth-order valence-corrected chi connectivity index (χ4v) is 6.84. The summed E-state index contributed by atoms with van der Waals surface area (Å²) in [5, 5.41) is 5.64. The fourth-order valence-electron chi connectivity index (χ4n) is 6.84. The van der Waals surface area contributed by atoms with E-state index in [1.807, 2.05) is 31.2 Å². The number of ketones is 2. The van der Waals surface area contributed by atoms with Gasteiger partial charge in [-0.25, -0.2) is 4.79 Å². The van der Waals surface area contributed by atoms with Gasteiger partial charge in [0.1, 0.15) is 17.7 Å². The summed E-state index contributed by atoms with van der Waals surface area (Å²) in [6.45, 7) is 15.3. The molecule has 9 nitrogen and oxygen atoms in total. The average molecular weight is 580 g/mol. The predicted octanol–water partition coefficient (Wildman–Crippen LogP) is 3.78. The molecule has 5 atom stereocenters. The number of benzene rings is 1. The lowest BCUT2D eigenvalue weighted by molar-refractivity contribution is -0.144. The number of carbonyl (C=O) groups excluding carboxylic acids is 5. The largest absolute Gasteiger partial charge is 0.444 e. The minimum absolute atomic E-state index is 0.102. The van der Waals surface area contributed by atoms with E-state index in [4.69, 9.17) is 4.74 Å². The molecule has 4 rings (SSSR count). The maximum Gasteiger partial charge on any atom is 0.408 e. The van der Waals surface area contributed by atoms with Gasteiger partial charge in [-0.15, -0.1) is 6.58 Å². The number of fused-ring (bicyclic) bond motifs is 2. The summed E-state index contributed by atoms with van der Waals surface area (Å²) in [5.74, 6) is -2.19. The lowest BCUT2D eigenvalue weighted by atomic mass is 9.93. The van der Waals surface area contributed by atoms with E-state index in [1.165, 1.54) is 6.08 Å². The second-order valence-electron chi connectivity index (χ2n) is 13.6. The normalized spacial score (nSPS) is 23.7. The third-order valence-corrected chi connectivity index (χ3v) is 9.04. The number of amides is 3. The average Bonchev–Trinajstić information content (AvgIpc) is 3.28. The van der Waals surface area contributed by atoms with Crippen molar-refractivity contribution in [2.75, 3.05) is 6.54 Å². The maximum atomic E-state index is 14.4. The van der Waals surface area contributed by atoms with Gasteiger partial charge in [-0.2, -0.15) is 0 Å². The van der Waals surface area contributed by atoms with Crippen LogP contribution in [0.15, 0.2) is 36.9 Å². The van der Waals surface area contributed by atoms with Crippen molar-refractivity contribution >= 4 is 29.5 Å². The minimum Gasteiger partial charge on any atom is -0.444 e. The first kappa shape index (κ1) is 31.4. The Morgan fingerprint density at radius 3 is 2.26 bits per heavy atom. The Morgan fingerprint density at radius 2 is 1.71 bits per heavy atom. The smallest absolute Gasteiger partial charge is 0.408 e. The summed E-state index contributed by atoms with van der Waals surface area (Å²) in [7, 11) is 0. The van der Waals surface area contributed by atoms with Crippen LogP contribution in [-0.4, -0.2) is 64.6 Å². The van der Waals surface area contributed by atoms with Crippen LogP contribution in [0.2, 0.25) is 0 Å². The Labute approximate surface area is 248 Å². The molecule has 42 heavy (non-hydrogen) atoms. The van der Waals surface area contributed by atoms with Crippen molar-refractivity contribution in [3.8, 4) is 0 Å². The van der Waals surface area contributed by atoms with Crippen molar-refractivity contribution < 1.29 is 28.7 Å². The number of nitrogens with zero attached hydrogens (tertiary/aromatic N) is 1. The number of hydrogen-bond donors (Lipinski definition) is 2. The van der Waals surface area contributed by atoms with Crippen molar-refractivity contribution in [3.05, 3.63) is 48.0 Å². The SMILES string of the molecule is C=CCC(NC(=O)C1C2C(CN1C(=O)C(NC(=O)OC(C)(C)C)C1Cc3ccccc3C1)C2(C)C)C(=O)C(=O)CCC. The molecule has 1 aromatic carbocycles. The van der Waals surface area contributed by atoms with Crippen LogP contribution in [0, 0.1) is 23.2 Å². The summed E-state index contributed by atoms with van der Waals surface area (Å²) in [6.07, 6.45) is 2.79. The Balaban J connectivity index is 1.60. The quantitative estimate of drug-likeness (QED) is 0.304. The molecule has 1 saturated carbocycles. The third-order valence-electron chi connectivity index (χ3n) is 9.04. The first-order valence-corrected chi connectivity index (χ1v) is 15.0. The number of alkyl carbamates (subject to hydrolysis) is 1. The van der Waals surface area contributed by atoms with Crippen molar-refractivity contribution in [2.24, 2.45) is 23.2 Å². The van der Waals surface area contributed by atoms with Gasteiger partial charge in [0.05, 0.1) is 6.04 Å². The highest BCUT2D eigenvalue weighted by Gasteiger charge is 2.69. The molecule has 2 N–H and O–H groups in total. The molecule has 0 radical (unpaired) electrons. The van der Waals surface area contributed by atoms with Gasteiger partial charge in [0.25, 0.3) is 0 Å². The van der Waals surface area contributed by atoms with E-state index < -0.39 is 47.3 Å². The highest BCUT2D eigenvalue weighted by molar-refractivity contribution is 6.39. The first-order valence-electron chi connectivity index (χ1n) is 15.0. The second kappa shape index (κ2) is 12.0. The van der Waals surface area contributed by atoms with E-state index in [1.54, 1.807) is 25.7 Å². The van der Waals surface area contributed by atoms with E-state index in [-0.39, 0.29) is 41.9 Å². The van der Waals surface area contributed by atoms with E-state index in [2.05, 4.69) is 31.1 Å². The molecule has 1 aromatic rings. The summed E-state index contributed by atoms with van der Waals surface area (Å²) in [6, 6.07) is 5.22. The van der Waals surface area contributed by atoms with Crippen molar-refractivity contribution in [1.29, 1.82) is 0 Å². The van der Waals surface area contributed by atoms with Gasteiger partial charge in [0.15, 0.2) is 0 Å².